The highest BCUT2D eigenvalue weighted by molar-refractivity contribution is 5.78. The molecule has 7 nitrogen and oxygen atoms in total. The van der Waals surface area contributed by atoms with Gasteiger partial charge in [0.25, 0.3) is 0 Å². The highest BCUT2D eigenvalue weighted by atomic mass is 16.5. The zero-order valence-corrected chi connectivity index (χ0v) is 18.4. The van der Waals surface area contributed by atoms with Crippen LogP contribution >= 0.6 is 0 Å². The fourth-order valence-electron chi connectivity index (χ4n) is 4.21. The van der Waals surface area contributed by atoms with E-state index in [1.807, 2.05) is 77.7 Å². The van der Waals surface area contributed by atoms with Gasteiger partial charge in [-0.2, -0.15) is 0 Å². The Balaban J connectivity index is 1.33. The number of imidazole rings is 1. The first kappa shape index (κ1) is 21.3. The quantitative estimate of drug-likeness (QED) is 0.476. The number of aromatic nitrogens is 3. The summed E-state index contributed by atoms with van der Waals surface area (Å²) in [6.07, 6.45) is 1.64. The zero-order chi connectivity index (χ0) is 22.5. The average Bonchev–Trinajstić information content (AvgIpc) is 3.19. The molecule has 1 N–H and O–H groups in total. The normalized spacial score (nSPS) is 17.4. The summed E-state index contributed by atoms with van der Waals surface area (Å²) in [5, 5.41) is 0. The molecular formula is C26H27N5O2. The molecule has 0 aliphatic carbocycles. The molecule has 33 heavy (non-hydrogen) atoms. The van der Waals surface area contributed by atoms with Crippen molar-refractivity contribution in [3.63, 3.8) is 0 Å². The molecule has 1 aliphatic heterocycles. The lowest BCUT2D eigenvalue weighted by Crippen LogP contribution is -2.37. The van der Waals surface area contributed by atoms with Gasteiger partial charge in [-0.1, -0.05) is 48.5 Å². The van der Waals surface area contributed by atoms with E-state index < -0.39 is 0 Å². The van der Waals surface area contributed by atoms with E-state index in [1.54, 1.807) is 6.20 Å². The van der Waals surface area contributed by atoms with Crippen molar-refractivity contribution < 1.29 is 9.53 Å². The van der Waals surface area contributed by atoms with Gasteiger partial charge in [0.2, 0.25) is 5.91 Å². The van der Waals surface area contributed by atoms with Crippen LogP contribution in [-0.2, 0) is 29.2 Å². The van der Waals surface area contributed by atoms with E-state index in [0.717, 1.165) is 28.1 Å². The minimum Gasteiger partial charge on any atom is -0.369 e. The molecule has 0 bridgehead atoms. The molecule has 2 aromatic carbocycles. The van der Waals surface area contributed by atoms with Crippen LogP contribution in [0.2, 0.25) is 0 Å². The van der Waals surface area contributed by atoms with Crippen LogP contribution in [0.15, 0.2) is 79.0 Å². The number of carbonyl (C=O) groups is 1. The third kappa shape index (κ3) is 5.45. The van der Waals surface area contributed by atoms with Gasteiger partial charge >= 0.3 is 0 Å². The van der Waals surface area contributed by atoms with E-state index in [-0.39, 0.29) is 12.0 Å². The predicted molar refractivity (Wildman–Crippen MR) is 126 cm³/mol. The maximum absolute atomic E-state index is 13.2. The van der Waals surface area contributed by atoms with E-state index in [0.29, 0.717) is 39.3 Å². The average molecular weight is 442 g/mol. The third-order valence-electron chi connectivity index (χ3n) is 5.82. The molecule has 7 heteroatoms. The number of H-pyrrole nitrogens is 1. The molecule has 0 radical (unpaired) electrons. The highest BCUT2D eigenvalue weighted by Crippen LogP contribution is 2.17. The number of benzene rings is 2. The summed E-state index contributed by atoms with van der Waals surface area (Å²) in [6.45, 7) is 3.05. The summed E-state index contributed by atoms with van der Waals surface area (Å²) >= 11 is 0. The van der Waals surface area contributed by atoms with Crippen molar-refractivity contribution in [3.05, 3.63) is 96.1 Å². The van der Waals surface area contributed by atoms with Gasteiger partial charge in [-0.3, -0.25) is 14.7 Å². The number of hydrogen-bond donors (Lipinski definition) is 1. The van der Waals surface area contributed by atoms with E-state index in [1.165, 1.54) is 0 Å². The predicted octanol–water partition coefficient (Wildman–Crippen LogP) is 3.39. The van der Waals surface area contributed by atoms with Gasteiger partial charge in [0.15, 0.2) is 0 Å². The van der Waals surface area contributed by atoms with Gasteiger partial charge in [0, 0.05) is 25.8 Å². The standard InChI is InChI=1S/C26H27N5O2/c32-26-18-30(17-25-28-23-11-4-5-12-24(23)29-25)15-22(33-19-21-10-6-7-13-27-21)16-31(26)14-20-8-2-1-3-9-20/h1-13,22H,14-19H2,(H,28,29)/t22-/m0/s1. The number of nitrogens with zero attached hydrogens (tertiary/aromatic N) is 4. The number of aromatic amines is 1. The van der Waals surface area contributed by atoms with Gasteiger partial charge in [-0.15, -0.1) is 0 Å². The second-order valence-corrected chi connectivity index (χ2v) is 8.38. The lowest BCUT2D eigenvalue weighted by molar-refractivity contribution is -0.132. The van der Waals surface area contributed by atoms with E-state index in [9.17, 15) is 4.79 Å². The molecule has 4 aromatic rings. The minimum atomic E-state index is -0.133. The first-order valence-electron chi connectivity index (χ1n) is 11.2. The monoisotopic (exact) mass is 441 g/mol. The fourth-order valence-corrected chi connectivity index (χ4v) is 4.21. The number of pyridine rings is 1. The smallest absolute Gasteiger partial charge is 0.237 e. The van der Waals surface area contributed by atoms with E-state index >= 15 is 0 Å². The van der Waals surface area contributed by atoms with Crippen molar-refractivity contribution in [2.24, 2.45) is 0 Å². The molecular weight excluding hydrogens is 414 g/mol. The summed E-state index contributed by atoms with van der Waals surface area (Å²) in [6, 6.07) is 23.9. The number of amides is 1. The molecule has 1 atom stereocenters. The fraction of sp³-hybridized carbons (Fsp3) is 0.269. The number of carbonyl (C=O) groups excluding carboxylic acids is 1. The second-order valence-electron chi connectivity index (χ2n) is 8.38. The molecule has 1 aliphatic rings. The maximum Gasteiger partial charge on any atom is 0.237 e. The molecule has 3 heterocycles. The van der Waals surface area contributed by atoms with Crippen molar-refractivity contribution in [3.8, 4) is 0 Å². The Bertz CT molecular complexity index is 1160. The molecule has 168 valence electrons. The van der Waals surface area contributed by atoms with E-state index in [2.05, 4.69) is 14.9 Å². The Labute approximate surface area is 193 Å². The first-order chi connectivity index (χ1) is 16.2. The number of para-hydroxylation sites is 2. The SMILES string of the molecule is O=C1CN(Cc2nc3ccccc3[nH]2)C[C@H](OCc2ccccn2)CN1Cc1ccccc1. The Morgan fingerprint density at radius 2 is 1.76 bits per heavy atom. The molecule has 0 unspecified atom stereocenters. The molecule has 2 aromatic heterocycles. The number of nitrogens with one attached hydrogen (secondary N) is 1. The van der Waals surface area contributed by atoms with Crippen molar-refractivity contribution >= 4 is 16.9 Å². The molecule has 1 saturated heterocycles. The lowest BCUT2D eigenvalue weighted by atomic mass is 10.2. The van der Waals surface area contributed by atoms with Crippen LogP contribution in [0.25, 0.3) is 11.0 Å². The van der Waals surface area contributed by atoms with Crippen LogP contribution in [0.4, 0.5) is 0 Å². The first-order valence-corrected chi connectivity index (χ1v) is 11.2. The number of ether oxygens (including phenoxy) is 1. The highest BCUT2D eigenvalue weighted by Gasteiger charge is 2.29. The van der Waals surface area contributed by atoms with E-state index in [4.69, 9.17) is 9.72 Å². The van der Waals surface area contributed by atoms with Crippen molar-refractivity contribution in [2.75, 3.05) is 19.6 Å². The van der Waals surface area contributed by atoms with Gasteiger partial charge < -0.3 is 14.6 Å². The number of fused-ring (bicyclic) bond motifs is 1. The van der Waals surface area contributed by atoms with Crippen LogP contribution in [0, 0.1) is 0 Å². The molecule has 5 rings (SSSR count). The summed E-state index contributed by atoms with van der Waals surface area (Å²) in [5.41, 5.74) is 3.93. The minimum absolute atomic E-state index is 0.0962. The van der Waals surface area contributed by atoms with Crippen LogP contribution < -0.4 is 0 Å². The Hall–Kier alpha value is -3.55. The second kappa shape index (κ2) is 9.94. The summed E-state index contributed by atoms with van der Waals surface area (Å²) in [5.74, 6) is 0.947. The molecule has 1 amide bonds. The van der Waals surface area contributed by atoms with Gasteiger partial charge in [0.05, 0.1) is 42.5 Å². The maximum atomic E-state index is 13.2. The van der Waals surface area contributed by atoms with Crippen LogP contribution in [0.3, 0.4) is 0 Å². The Morgan fingerprint density at radius 1 is 0.939 bits per heavy atom. The Morgan fingerprint density at radius 3 is 2.58 bits per heavy atom. The van der Waals surface area contributed by atoms with Crippen molar-refractivity contribution in [1.82, 2.24) is 24.8 Å². The summed E-state index contributed by atoms with van der Waals surface area (Å²) < 4.78 is 6.26. The van der Waals surface area contributed by atoms with Crippen molar-refractivity contribution in [2.45, 2.75) is 25.8 Å². The number of rotatable bonds is 7. The number of hydrogen-bond acceptors (Lipinski definition) is 5. The molecule has 0 spiro atoms. The largest absolute Gasteiger partial charge is 0.369 e. The van der Waals surface area contributed by atoms with Crippen molar-refractivity contribution in [1.29, 1.82) is 0 Å². The third-order valence-corrected chi connectivity index (χ3v) is 5.82. The summed E-state index contributed by atoms with van der Waals surface area (Å²) in [7, 11) is 0. The summed E-state index contributed by atoms with van der Waals surface area (Å²) in [4.78, 5) is 29.6. The van der Waals surface area contributed by atoms with Gasteiger partial charge in [-0.25, -0.2) is 4.98 Å². The molecule has 0 saturated carbocycles. The zero-order valence-electron chi connectivity index (χ0n) is 18.4. The Kier molecular flexibility index (Phi) is 6.41. The molecule has 1 fully saturated rings. The topological polar surface area (TPSA) is 74.3 Å². The van der Waals surface area contributed by atoms with Crippen LogP contribution in [0.1, 0.15) is 17.1 Å². The lowest BCUT2D eigenvalue weighted by Gasteiger charge is -2.24. The van der Waals surface area contributed by atoms with Gasteiger partial charge in [-0.05, 0) is 29.8 Å². The van der Waals surface area contributed by atoms with Gasteiger partial charge in [0.1, 0.15) is 5.82 Å². The van der Waals surface area contributed by atoms with Crippen LogP contribution in [-0.4, -0.2) is 56.4 Å². The van der Waals surface area contributed by atoms with Crippen LogP contribution in [0.5, 0.6) is 0 Å².